The molecule has 1 atom stereocenters. The van der Waals surface area contributed by atoms with Gasteiger partial charge < -0.3 is 4.74 Å². The van der Waals surface area contributed by atoms with E-state index in [0.717, 1.165) is 29.9 Å². The predicted octanol–water partition coefficient (Wildman–Crippen LogP) is 2.40. The first-order valence-corrected chi connectivity index (χ1v) is 8.70. The van der Waals surface area contributed by atoms with E-state index in [1.807, 2.05) is 36.4 Å². The van der Waals surface area contributed by atoms with E-state index in [-0.39, 0.29) is 5.56 Å². The van der Waals surface area contributed by atoms with Crippen LogP contribution in [0, 0.1) is 17.8 Å². The fraction of sp³-hybridized carbons (Fsp3) is 0.286. The summed E-state index contributed by atoms with van der Waals surface area (Å²) in [5.41, 5.74) is 2.28. The van der Waals surface area contributed by atoms with Gasteiger partial charge in [0, 0.05) is 37.8 Å². The zero-order valence-corrected chi connectivity index (χ0v) is 14.6. The van der Waals surface area contributed by atoms with Gasteiger partial charge in [0.15, 0.2) is 0 Å². The smallest absolute Gasteiger partial charge is 0.261 e. The summed E-state index contributed by atoms with van der Waals surface area (Å²) in [7, 11) is 1.70. The van der Waals surface area contributed by atoms with Crippen LogP contribution in [-0.4, -0.2) is 28.3 Å². The van der Waals surface area contributed by atoms with Crippen LogP contribution in [0.1, 0.15) is 23.5 Å². The third-order valence-corrected chi connectivity index (χ3v) is 4.65. The number of aryl methyl sites for hydroxylation is 1. The molecule has 26 heavy (non-hydrogen) atoms. The predicted molar refractivity (Wildman–Crippen MR) is 99.9 cm³/mol. The van der Waals surface area contributed by atoms with Gasteiger partial charge in [0.2, 0.25) is 0 Å². The first kappa shape index (κ1) is 16.5. The molecule has 3 aromatic rings. The number of methoxy groups -OCH3 is 1. The molecule has 4 rings (SSSR count). The first-order valence-electron chi connectivity index (χ1n) is 8.70. The standard InChI is InChI=1S/C21H19N3O2/c1-26-14-16-7-10-20-23-19-12-15(5-8-17-4-2-3-11-22-17)6-9-18(19)21(25)24(20)13-16/h2-4,6,9,11-12,16H,7,10,13-14H2,1H3/t16-/m0/s1. The van der Waals surface area contributed by atoms with E-state index in [4.69, 9.17) is 9.72 Å². The Morgan fingerprint density at radius 3 is 3.00 bits per heavy atom. The number of hydrogen-bond donors (Lipinski definition) is 0. The van der Waals surface area contributed by atoms with Crippen molar-refractivity contribution in [1.29, 1.82) is 0 Å². The fourth-order valence-corrected chi connectivity index (χ4v) is 3.35. The van der Waals surface area contributed by atoms with Crippen LogP contribution in [0.15, 0.2) is 47.4 Å². The highest BCUT2D eigenvalue weighted by molar-refractivity contribution is 5.79. The molecule has 1 aliphatic heterocycles. The van der Waals surface area contributed by atoms with Gasteiger partial charge in [-0.25, -0.2) is 9.97 Å². The van der Waals surface area contributed by atoms with E-state index in [1.54, 1.807) is 17.9 Å². The lowest BCUT2D eigenvalue weighted by Gasteiger charge is -2.25. The molecule has 1 aromatic carbocycles. The summed E-state index contributed by atoms with van der Waals surface area (Å²) in [4.78, 5) is 21.8. The zero-order valence-electron chi connectivity index (χ0n) is 14.6. The minimum atomic E-state index is 0.0232. The maximum Gasteiger partial charge on any atom is 0.261 e. The molecule has 0 spiro atoms. The van der Waals surface area contributed by atoms with E-state index in [9.17, 15) is 4.79 Å². The molecule has 5 nitrogen and oxygen atoms in total. The van der Waals surface area contributed by atoms with Crippen LogP contribution >= 0.6 is 0 Å². The third-order valence-electron chi connectivity index (χ3n) is 4.65. The maximum atomic E-state index is 12.8. The number of pyridine rings is 1. The minimum absolute atomic E-state index is 0.0232. The van der Waals surface area contributed by atoms with Crippen molar-refractivity contribution in [1.82, 2.24) is 14.5 Å². The van der Waals surface area contributed by atoms with Crippen molar-refractivity contribution in [2.24, 2.45) is 5.92 Å². The van der Waals surface area contributed by atoms with Crippen molar-refractivity contribution in [2.75, 3.05) is 13.7 Å². The number of aromatic nitrogens is 3. The molecule has 0 bridgehead atoms. The Balaban J connectivity index is 1.71. The van der Waals surface area contributed by atoms with Gasteiger partial charge in [-0.3, -0.25) is 9.36 Å². The molecular weight excluding hydrogens is 326 g/mol. The van der Waals surface area contributed by atoms with Gasteiger partial charge in [-0.15, -0.1) is 0 Å². The molecule has 0 unspecified atom stereocenters. The van der Waals surface area contributed by atoms with Crippen LogP contribution in [0.25, 0.3) is 10.9 Å². The summed E-state index contributed by atoms with van der Waals surface area (Å²) in [6, 6.07) is 11.2. The van der Waals surface area contributed by atoms with Crippen LogP contribution in [0.2, 0.25) is 0 Å². The van der Waals surface area contributed by atoms with Gasteiger partial charge >= 0.3 is 0 Å². The van der Waals surface area contributed by atoms with E-state index in [0.29, 0.717) is 30.0 Å². The van der Waals surface area contributed by atoms with Crippen LogP contribution in [0.3, 0.4) is 0 Å². The van der Waals surface area contributed by atoms with Gasteiger partial charge in [0.25, 0.3) is 5.56 Å². The molecule has 0 N–H and O–H groups in total. The zero-order chi connectivity index (χ0) is 17.9. The van der Waals surface area contributed by atoms with Crippen molar-refractivity contribution < 1.29 is 4.74 Å². The third kappa shape index (κ3) is 3.24. The van der Waals surface area contributed by atoms with Crippen LogP contribution in [0.4, 0.5) is 0 Å². The normalized spacial score (nSPS) is 16.0. The Morgan fingerprint density at radius 2 is 2.19 bits per heavy atom. The summed E-state index contributed by atoms with van der Waals surface area (Å²) in [5.74, 6) is 7.35. The van der Waals surface area contributed by atoms with Gasteiger partial charge in [0.05, 0.1) is 17.5 Å². The topological polar surface area (TPSA) is 57.0 Å². The van der Waals surface area contributed by atoms with Gasteiger partial charge in [-0.1, -0.05) is 12.0 Å². The summed E-state index contributed by atoms with van der Waals surface area (Å²) in [6.07, 6.45) is 3.50. The molecule has 2 aromatic heterocycles. The van der Waals surface area contributed by atoms with E-state index in [1.165, 1.54) is 0 Å². The molecule has 1 aliphatic rings. The number of nitrogens with zero attached hydrogens (tertiary/aromatic N) is 3. The van der Waals surface area contributed by atoms with E-state index < -0.39 is 0 Å². The number of rotatable bonds is 2. The molecule has 0 fully saturated rings. The Morgan fingerprint density at radius 1 is 1.27 bits per heavy atom. The second-order valence-corrected chi connectivity index (χ2v) is 6.50. The molecular formula is C21H19N3O2. The summed E-state index contributed by atoms with van der Waals surface area (Å²) >= 11 is 0. The SMILES string of the molecule is COC[C@H]1CCc2nc3cc(C#Cc4ccccn4)ccc3c(=O)n2C1. The second-order valence-electron chi connectivity index (χ2n) is 6.50. The van der Waals surface area contributed by atoms with Gasteiger partial charge in [-0.05, 0) is 42.7 Å². The lowest BCUT2D eigenvalue weighted by molar-refractivity contribution is 0.130. The number of hydrogen-bond acceptors (Lipinski definition) is 4. The monoisotopic (exact) mass is 345 g/mol. The van der Waals surface area contributed by atoms with Crippen molar-refractivity contribution in [2.45, 2.75) is 19.4 Å². The van der Waals surface area contributed by atoms with Crippen molar-refractivity contribution >= 4 is 10.9 Å². The molecule has 0 aliphatic carbocycles. The molecule has 0 amide bonds. The average Bonchev–Trinajstić information content (AvgIpc) is 2.68. The Labute approximate surface area is 151 Å². The van der Waals surface area contributed by atoms with Crippen LogP contribution < -0.4 is 5.56 Å². The fourth-order valence-electron chi connectivity index (χ4n) is 3.35. The summed E-state index contributed by atoms with van der Waals surface area (Å²) < 4.78 is 7.05. The highest BCUT2D eigenvalue weighted by Crippen LogP contribution is 2.20. The number of benzene rings is 1. The van der Waals surface area contributed by atoms with Crippen molar-refractivity contribution in [3.63, 3.8) is 0 Å². The summed E-state index contributed by atoms with van der Waals surface area (Å²) in [5, 5.41) is 0.634. The molecule has 0 saturated carbocycles. The van der Waals surface area contributed by atoms with Crippen molar-refractivity contribution in [3.05, 3.63) is 70.0 Å². The average molecular weight is 345 g/mol. The molecule has 3 heterocycles. The Bertz CT molecular complexity index is 1060. The number of ether oxygens (including phenoxy) is 1. The minimum Gasteiger partial charge on any atom is -0.384 e. The van der Waals surface area contributed by atoms with Crippen LogP contribution in [0.5, 0.6) is 0 Å². The van der Waals surface area contributed by atoms with E-state index >= 15 is 0 Å². The first-order chi connectivity index (χ1) is 12.7. The van der Waals surface area contributed by atoms with Gasteiger partial charge in [0.1, 0.15) is 11.5 Å². The lowest BCUT2D eigenvalue weighted by atomic mass is 9.99. The molecule has 0 saturated heterocycles. The van der Waals surface area contributed by atoms with E-state index in [2.05, 4.69) is 16.8 Å². The Hall–Kier alpha value is -2.97. The van der Waals surface area contributed by atoms with Crippen LogP contribution in [-0.2, 0) is 17.7 Å². The largest absolute Gasteiger partial charge is 0.384 e. The molecule has 5 heteroatoms. The maximum absolute atomic E-state index is 12.8. The highest BCUT2D eigenvalue weighted by atomic mass is 16.5. The second kappa shape index (κ2) is 7.11. The quantitative estimate of drug-likeness (QED) is 0.669. The van der Waals surface area contributed by atoms with Gasteiger partial charge in [-0.2, -0.15) is 0 Å². The van der Waals surface area contributed by atoms with Crippen molar-refractivity contribution in [3.8, 4) is 11.8 Å². The number of fused-ring (bicyclic) bond motifs is 2. The highest BCUT2D eigenvalue weighted by Gasteiger charge is 2.21. The molecule has 130 valence electrons. The summed E-state index contributed by atoms with van der Waals surface area (Å²) in [6.45, 7) is 1.35. The Kier molecular flexibility index (Phi) is 4.51. The lowest BCUT2D eigenvalue weighted by Crippen LogP contribution is -2.34. The molecule has 0 radical (unpaired) electrons.